The molecule has 0 aliphatic heterocycles. The quantitative estimate of drug-likeness (QED) is 0.336. The smallest absolute Gasteiger partial charge is 0.0712 e. The van der Waals surface area contributed by atoms with E-state index in [1.54, 1.807) is 0 Å². The van der Waals surface area contributed by atoms with Crippen LogP contribution in [-0.4, -0.2) is 4.98 Å². The Bertz CT molecular complexity index is 792. The molecular formula is C21H26N2. The molecule has 0 radical (unpaired) electrons. The van der Waals surface area contributed by atoms with Gasteiger partial charge in [0.1, 0.15) is 0 Å². The van der Waals surface area contributed by atoms with E-state index >= 15 is 0 Å². The van der Waals surface area contributed by atoms with Crippen LogP contribution in [0.1, 0.15) is 51.0 Å². The van der Waals surface area contributed by atoms with E-state index in [0.29, 0.717) is 0 Å². The van der Waals surface area contributed by atoms with Gasteiger partial charge in [-0.2, -0.15) is 0 Å². The molecular weight excluding hydrogens is 280 g/mol. The SMILES string of the molecule is CCCCCCCCc1ccc2cc3cc(N)ccc3nc2c1. The highest BCUT2D eigenvalue weighted by atomic mass is 14.7. The fourth-order valence-electron chi connectivity index (χ4n) is 3.16. The number of hydrogen-bond donors (Lipinski definition) is 1. The number of aromatic nitrogens is 1. The fraction of sp³-hybridized carbons (Fsp3) is 0.381. The molecule has 0 amide bonds. The molecule has 0 atom stereocenters. The predicted octanol–water partition coefficient (Wildman–Crippen LogP) is 5.87. The van der Waals surface area contributed by atoms with Crippen LogP contribution in [0.5, 0.6) is 0 Å². The van der Waals surface area contributed by atoms with E-state index in [2.05, 4.69) is 31.2 Å². The van der Waals surface area contributed by atoms with Crippen LogP contribution in [0.25, 0.3) is 21.8 Å². The van der Waals surface area contributed by atoms with Crippen molar-refractivity contribution in [3.63, 3.8) is 0 Å². The molecule has 120 valence electrons. The first-order valence-electron chi connectivity index (χ1n) is 8.85. The molecule has 1 aromatic heterocycles. The van der Waals surface area contributed by atoms with Crippen molar-refractivity contribution in [3.8, 4) is 0 Å². The second-order valence-electron chi connectivity index (χ2n) is 6.49. The minimum absolute atomic E-state index is 0.790. The molecule has 3 rings (SSSR count). The molecule has 0 saturated carbocycles. The maximum absolute atomic E-state index is 5.86. The number of nitrogens with zero attached hydrogens (tertiary/aromatic N) is 1. The van der Waals surface area contributed by atoms with E-state index in [0.717, 1.165) is 28.5 Å². The van der Waals surface area contributed by atoms with Gasteiger partial charge in [0.15, 0.2) is 0 Å². The average Bonchev–Trinajstić information content (AvgIpc) is 2.56. The van der Waals surface area contributed by atoms with E-state index in [1.165, 1.54) is 49.5 Å². The summed E-state index contributed by atoms with van der Waals surface area (Å²) >= 11 is 0. The first-order valence-corrected chi connectivity index (χ1v) is 8.85. The monoisotopic (exact) mass is 306 g/mol. The summed E-state index contributed by atoms with van der Waals surface area (Å²) < 4.78 is 0. The minimum Gasteiger partial charge on any atom is -0.399 e. The molecule has 23 heavy (non-hydrogen) atoms. The highest BCUT2D eigenvalue weighted by molar-refractivity contribution is 5.94. The number of anilines is 1. The van der Waals surface area contributed by atoms with Crippen molar-refractivity contribution < 1.29 is 0 Å². The molecule has 2 aromatic carbocycles. The van der Waals surface area contributed by atoms with Crippen molar-refractivity contribution in [2.24, 2.45) is 0 Å². The Morgan fingerprint density at radius 3 is 2.48 bits per heavy atom. The van der Waals surface area contributed by atoms with Crippen LogP contribution >= 0.6 is 0 Å². The first kappa shape index (κ1) is 15.8. The lowest BCUT2D eigenvalue weighted by molar-refractivity contribution is 0.607. The van der Waals surface area contributed by atoms with Gasteiger partial charge in [0, 0.05) is 16.5 Å². The molecule has 3 aromatic rings. The van der Waals surface area contributed by atoms with Gasteiger partial charge >= 0.3 is 0 Å². The first-order chi connectivity index (χ1) is 11.3. The van der Waals surface area contributed by atoms with Crippen molar-refractivity contribution in [1.29, 1.82) is 0 Å². The molecule has 1 heterocycles. The highest BCUT2D eigenvalue weighted by Crippen LogP contribution is 2.23. The number of fused-ring (bicyclic) bond motifs is 2. The lowest BCUT2D eigenvalue weighted by Gasteiger charge is -2.06. The maximum atomic E-state index is 5.86. The average molecular weight is 306 g/mol. The third kappa shape index (κ3) is 4.01. The Balaban J connectivity index is 1.71. The summed E-state index contributed by atoms with van der Waals surface area (Å²) in [5.74, 6) is 0. The topological polar surface area (TPSA) is 38.9 Å². The van der Waals surface area contributed by atoms with Gasteiger partial charge in [-0.1, -0.05) is 51.2 Å². The molecule has 0 aliphatic carbocycles. The lowest BCUT2D eigenvalue weighted by Crippen LogP contribution is -1.90. The Hall–Kier alpha value is -2.09. The number of aryl methyl sites for hydroxylation is 1. The highest BCUT2D eigenvalue weighted by Gasteiger charge is 2.02. The number of unbranched alkanes of at least 4 members (excludes halogenated alkanes) is 5. The summed E-state index contributed by atoms with van der Waals surface area (Å²) in [6.45, 7) is 2.26. The van der Waals surface area contributed by atoms with Crippen molar-refractivity contribution in [2.45, 2.75) is 51.9 Å². The molecule has 0 aliphatic rings. The molecule has 2 heteroatoms. The zero-order chi connectivity index (χ0) is 16.1. The predicted molar refractivity (Wildman–Crippen MR) is 101 cm³/mol. The summed E-state index contributed by atoms with van der Waals surface area (Å²) in [4.78, 5) is 4.79. The van der Waals surface area contributed by atoms with Crippen LogP contribution in [0.4, 0.5) is 5.69 Å². The van der Waals surface area contributed by atoms with E-state index in [9.17, 15) is 0 Å². The molecule has 0 bridgehead atoms. The van der Waals surface area contributed by atoms with Crippen LogP contribution in [0, 0.1) is 0 Å². The van der Waals surface area contributed by atoms with Crippen LogP contribution in [0.15, 0.2) is 42.5 Å². The van der Waals surface area contributed by atoms with Gasteiger partial charge in [-0.05, 0) is 48.7 Å². The van der Waals surface area contributed by atoms with Gasteiger partial charge < -0.3 is 5.73 Å². The van der Waals surface area contributed by atoms with E-state index in [1.807, 2.05) is 18.2 Å². The molecule has 0 unspecified atom stereocenters. The number of hydrogen-bond acceptors (Lipinski definition) is 2. The zero-order valence-corrected chi connectivity index (χ0v) is 14.0. The molecule has 0 fully saturated rings. The van der Waals surface area contributed by atoms with Crippen LogP contribution < -0.4 is 5.73 Å². The Labute approximate surface area is 138 Å². The van der Waals surface area contributed by atoms with Crippen molar-refractivity contribution in [3.05, 3.63) is 48.0 Å². The number of benzene rings is 2. The van der Waals surface area contributed by atoms with Gasteiger partial charge in [-0.3, -0.25) is 0 Å². The number of pyridine rings is 1. The van der Waals surface area contributed by atoms with Gasteiger partial charge in [0.2, 0.25) is 0 Å². The molecule has 2 nitrogen and oxygen atoms in total. The molecule has 0 spiro atoms. The zero-order valence-electron chi connectivity index (χ0n) is 14.0. The summed E-state index contributed by atoms with van der Waals surface area (Å²) in [7, 11) is 0. The van der Waals surface area contributed by atoms with Crippen molar-refractivity contribution in [2.75, 3.05) is 5.73 Å². The second-order valence-corrected chi connectivity index (χ2v) is 6.49. The van der Waals surface area contributed by atoms with Gasteiger partial charge in [-0.25, -0.2) is 4.98 Å². The summed E-state index contributed by atoms with van der Waals surface area (Å²) in [6, 6.07) is 14.8. The van der Waals surface area contributed by atoms with E-state index in [-0.39, 0.29) is 0 Å². The Kier molecular flexibility index (Phi) is 5.12. The number of nitrogens with two attached hydrogens (primary N) is 1. The molecule has 0 saturated heterocycles. The third-order valence-corrected chi connectivity index (χ3v) is 4.52. The lowest BCUT2D eigenvalue weighted by atomic mass is 10.0. The summed E-state index contributed by atoms with van der Waals surface area (Å²) in [6.07, 6.45) is 9.20. The van der Waals surface area contributed by atoms with Crippen LogP contribution in [0.2, 0.25) is 0 Å². The second kappa shape index (κ2) is 7.45. The van der Waals surface area contributed by atoms with Gasteiger partial charge in [0.25, 0.3) is 0 Å². The van der Waals surface area contributed by atoms with Gasteiger partial charge in [0.05, 0.1) is 11.0 Å². The maximum Gasteiger partial charge on any atom is 0.0712 e. The largest absolute Gasteiger partial charge is 0.399 e. The van der Waals surface area contributed by atoms with Crippen LogP contribution in [-0.2, 0) is 6.42 Å². The Morgan fingerprint density at radius 2 is 1.61 bits per heavy atom. The third-order valence-electron chi connectivity index (χ3n) is 4.52. The summed E-state index contributed by atoms with van der Waals surface area (Å²) in [5.41, 5.74) is 10.2. The van der Waals surface area contributed by atoms with Crippen molar-refractivity contribution in [1.82, 2.24) is 4.98 Å². The van der Waals surface area contributed by atoms with Crippen LogP contribution in [0.3, 0.4) is 0 Å². The summed E-state index contributed by atoms with van der Waals surface area (Å²) in [5, 5.41) is 2.30. The van der Waals surface area contributed by atoms with E-state index in [4.69, 9.17) is 10.7 Å². The van der Waals surface area contributed by atoms with Gasteiger partial charge in [-0.15, -0.1) is 0 Å². The number of rotatable bonds is 7. The fourth-order valence-corrected chi connectivity index (χ4v) is 3.16. The number of nitrogen functional groups attached to an aromatic ring is 1. The standard InChI is InChI=1S/C21H26N2/c1-2-3-4-5-6-7-8-16-9-10-17-14-18-15-19(22)11-12-20(18)23-21(17)13-16/h9-15H,2-8,22H2,1H3. The Morgan fingerprint density at radius 1 is 0.783 bits per heavy atom. The molecule has 2 N–H and O–H groups in total. The normalized spacial score (nSPS) is 11.3. The minimum atomic E-state index is 0.790. The van der Waals surface area contributed by atoms with Crippen molar-refractivity contribution >= 4 is 27.5 Å². The van der Waals surface area contributed by atoms with E-state index < -0.39 is 0 Å².